The summed E-state index contributed by atoms with van der Waals surface area (Å²) in [5.74, 6) is 0.542. The number of aryl methyl sites for hydroxylation is 1. The summed E-state index contributed by atoms with van der Waals surface area (Å²) in [5, 5.41) is 3.45. The molecule has 18 heavy (non-hydrogen) atoms. The van der Waals surface area contributed by atoms with Crippen LogP contribution in [-0.4, -0.2) is 31.3 Å². The lowest BCUT2D eigenvalue weighted by atomic mass is 9.81. The summed E-state index contributed by atoms with van der Waals surface area (Å²) in [6.45, 7) is 3.68. The van der Waals surface area contributed by atoms with Crippen molar-refractivity contribution < 1.29 is 4.74 Å². The number of aromatic nitrogens is 1. The van der Waals surface area contributed by atoms with E-state index < -0.39 is 0 Å². The van der Waals surface area contributed by atoms with E-state index >= 15 is 0 Å². The topological polar surface area (TPSA) is 34.1 Å². The van der Waals surface area contributed by atoms with E-state index in [-0.39, 0.29) is 0 Å². The predicted molar refractivity (Wildman–Crippen MR) is 73.9 cm³/mol. The molecule has 2 rings (SSSR count). The lowest BCUT2D eigenvalue weighted by Gasteiger charge is -2.31. The van der Waals surface area contributed by atoms with Crippen molar-refractivity contribution in [2.75, 3.05) is 20.3 Å². The van der Waals surface area contributed by atoms with Gasteiger partial charge in [0.05, 0.1) is 0 Å². The second kappa shape index (κ2) is 6.86. The van der Waals surface area contributed by atoms with Gasteiger partial charge in [0.15, 0.2) is 0 Å². The van der Waals surface area contributed by atoms with Gasteiger partial charge in [-0.1, -0.05) is 6.07 Å². The van der Waals surface area contributed by atoms with Crippen molar-refractivity contribution in [3.05, 3.63) is 29.6 Å². The first-order valence-corrected chi connectivity index (χ1v) is 7.05. The minimum atomic E-state index is 0.477. The third kappa shape index (κ3) is 3.09. The molecule has 0 spiro atoms. The van der Waals surface area contributed by atoms with E-state index in [1.165, 1.54) is 30.5 Å². The summed E-state index contributed by atoms with van der Waals surface area (Å²) in [7, 11) is 2.05. The van der Waals surface area contributed by atoms with Crippen molar-refractivity contribution >= 4 is 0 Å². The molecule has 3 heteroatoms. The molecule has 1 aromatic heterocycles. The molecule has 0 fully saturated rings. The van der Waals surface area contributed by atoms with Gasteiger partial charge in [-0.3, -0.25) is 4.98 Å². The molecule has 1 heterocycles. The first-order valence-electron chi connectivity index (χ1n) is 7.05. The Balaban J connectivity index is 2.07. The summed E-state index contributed by atoms with van der Waals surface area (Å²) in [6, 6.07) is 4.75. The fourth-order valence-corrected chi connectivity index (χ4v) is 2.94. The Hall–Kier alpha value is -0.930. The molecule has 1 aliphatic rings. The normalized spacial score (nSPS) is 20.4. The molecule has 100 valence electrons. The van der Waals surface area contributed by atoms with Crippen LogP contribution in [0.25, 0.3) is 0 Å². The molecule has 0 radical (unpaired) electrons. The predicted octanol–water partition coefficient (Wildman–Crippen LogP) is 2.52. The van der Waals surface area contributed by atoms with Gasteiger partial charge in [0.2, 0.25) is 0 Å². The van der Waals surface area contributed by atoms with Gasteiger partial charge in [-0.2, -0.15) is 0 Å². The van der Waals surface area contributed by atoms with Gasteiger partial charge in [0.25, 0.3) is 0 Å². The zero-order valence-corrected chi connectivity index (χ0v) is 11.5. The van der Waals surface area contributed by atoms with Crippen molar-refractivity contribution in [3.63, 3.8) is 0 Å². The minimum Gasteiger partial charge on any atom is -0.382 e. The van der Waals surface area contributed by atoms with Crippen LogP contribution >= 0.6 is 0 Å². The maximum absolute atomic E-state index is 5.48. The number of pyridine rings is 1. The third-order valence-corrected chi connectivity index (χ3v) is 3.87. The molecule has 0 saturated carbocycles. The van der Waals surface area contributed by atoms with Crippen LogP contribution in [0.4, 0.5) is 0 Å². The summed E-state index contributed by atoms with van der Waals surface area (Å²) < 4.78 is 5.48. The number of nitrogens with zero attached hydrogens (tertiary/aromatic N) is 1. The van der Waals surface area contributed by atoms with Crippen LogP contribution < -0.4 is 5.32 Å². The largest absolute Gasteiger partial charge is 0.382 e. The summed E-state index contributed by atoms with van der Waals surface area (Å²) in [5.41, 5.74) is 2.74. The Morgan fingerprint density at radius 1 is 1.56 bits per heavy atom. The molecular weight excluding hydrogens is 224 g/mol. The van der Waals surface area contributed by atoms with Crippen LogP contribution in [0.3, 0.4) is 0 Å². The number of ether oxygens (including phenoxy) is 1. The van der Waals surface area contributed by atoms with E-state index in [1.807, 2.05) is 20.2 Å². The molecule has 1 aromatic rings. The van der Waals surface area contributed by atoms with Crippen molar-refractivity contribution in [2.24, 2.45) is 0 Å². The zero-order valence-electron chi connectivity index (χ0n) is 11.5. The Morgan fingerprint density at radius 2 is 2.44 bits per heavy atom. The van der Waals surface area contributed by atoms with E-state index in [1.54, 1.807) is 0 Å². The molecule has 0 aliphatic heterocycles. The Labute approximate surface area is 110 Å². The van der Waals surface area contributed by atoms with E-state index in [2.05, 4.69) is 22.4 Å². The average molecular weight is 248 g/mol. The quantitative estimate of drug-likeness (QED) is 0.786. The van der Waals surface area contributed by atoms with Crippen LogP contribution in [0.15, 0.2) is 18.3 Å². The number of nitrogens with one attached hydrogen (secondary N) is 1. The van der Waals surface area contributed by atoms with E-state index in [0.29, 0.717) is 12.0 Å². The van der Waals surface area contributed by atoms with Crippen LogP contribution in [0.2, 0.25) is 0 Å². The lowest BCUT2D eigenvalue weighted by Crippen LogP contribution is -2.35. The molecule has 0 bridgehead atoms. The second-order valence-corrected chi connectivity index (χ2v) is 4.93. The third-order valence-electron chi connectivity index (χ3n) is 3.87. The average Bonchev–Trinajstić information content (AvgIpc) is 2.43. The van der Waals surface area contributed by atoms with Gasteiger partial charge in [-0.25, -0.2) is 0 Å². The number of hydrogen-bond donors (Lipinski definition) is 1. The maximum atomic E-state index is 5.48. The summed E-state index contributed by atoms with van der Waals surface area (Å²) in [6.07, 6.45) is 6.68. The van der Waals surface area contributed by atoms with E-state index in [0.717, 1.165) is 19.6 Å². The smallest absolute Gasteiger partial charge is 0.0481 e. The molecule has 1 N–H and O–H groups in total. The highest BCUT2D eigenvalue weighted by molar-refractivity contribution is 5.27. The number of hydrogen-bond acceptors (Lipinski definition) is 3. The van der Waals surface area contributed by atoms with Crippen LogP contribution in [0.5, 0.6) is 0 Å². The monoisotopic (exact) mass is 248 g/mol. The van der Waals surface area contributed by atoms with Gasteiger partial charge in [-0.15, -0.1) is 0 Å². The van der Waals surface area contributed by atoms with Gasteiger partial charge in [0.1, 0.15) is 0 Å². The molecule has 1 aliphatic carbocycles. The van der Waals surface area contributed by atoms with Crippen molar-refractivity contribution in [1.82, 2.24) is 10.3 Å². The highest BCUT2D eigenvalue weighted by Crippen LogP contribution is 2.33. The van der Waals surface area contributed by atoms with Gasteiger partial charge in [0, 0.05) is 37.1 Å². The van der Waals surface area contributed by atoms with Crippen LogP contribution in [0.1, 0.15) is 43.4 Å². The SMILES string of the molecule is CCOCCC(NC)C1CCCc2cccnc21. The molecule has 2 unspecified atom stereocenters. The fraction of sp³-hybridized carbons (Fsp3) is 0.667. The minimum absolute atomic E-state index is 0.477. The van der Waals surface area contributed by atoms with Crippen LogP contribution in [-0.2, 0) is 11.2 Å². The van der Waals surface area contributed by atoms with E-state index in [4.69, 9.17) is 4.74 Å². The van der Waals surface area contributed by atoms with Crippen molar-refractivity contribution in [1.29, 1.82) is 0 Å². The number of rotatable bonds is 6. The molecule has 0 aromatic carbocycles. The molecule has 3 nitrogen and oxygen atoms in total. The Bertz CT molecular complexity index is 367. The van der Waals surface area contributed by atoms with Crippen LogP contribution in [0, 0.1) is 0 Å². The van der Waals surface area contributed by atoms with Gasteiger partial charge in [-0.05, 0) is 51.3 Å². The van der Waals surface area contributed by atoms with Crippen molar-refractivity contribution in [2.45, 2.75) is 44.6 Å². The molecule has 0 saturated heterocycles. The van der Waals surface area contributed by atoms with Gasteiger partial charge < -0.3 is 10.1 Å². The highest BCUT2D eigenvalue weighted by Gasteiger charge is 2.27. The maximum Gasteiger partial charge on any atom is 0.0481 e. The Morgan fingerprint density at radius 3 is 3.22 bits per heavy atom. The molecule has 0 amide bonds. The number of likely N-dealkylation sites (N-methyl/N-ethyl adjacent to an activating group) is 1. The highest BCUT2D eigenvalue weighted by atomic mass is 16.5. The second-order valence-electron chi connectivity index (χ2n) is 4.93. The summed E-state index contributed by atoms with van der Waals surface area (Å²) in [4.78, 5) is 4.62. The lowest BCUT2D eigenvalue weighted by molar-refractivity contribution is 0.132. The zero-order chi connectivity index (χ0) is 12.8. The first-order chi connectivity index (χ1) is 8.86. The Kier molecular flexibility index (Phi) is 5.14. The molecular formula is C15H24N2O. The first kappa shape index (κ1) is 13.5. The standard InChI is InChI=1S/C15H24N2O/c1-3-18-11-9-14(16-2)13-8-4-6-12-7-5-10-17-15(12)13/h5,7,10,13-14,16H,3-4,6,8-9,11H2,1-2H3. The summed E-state index contributed by atoms with van der Waals surface area (Å²) >= 11 is 0. The number of fused-ring (bicyclic) bond motifs is 1. The van der Waals surface area contributed by atoms with E-state index in [9.17, 15) is 0 Å². The molecule has 2 atom stereocenters. The van der Waals surface area contributed by atoms with Crippen molar-refractivity contribution in [3.8, 4) is 0 Å². The fourth-order valence-electron chi connectivity index (χ4n) is 2.94. The van der Waals surface area contributed by atoms with Gasteiger partial charge >= 0.3 is 0 Å².